The summed E-state index contributed by atoms with van der Waals surface area (Å²) < 4.78 is 13.2. The Hall–Kier alpha value is -2.67. The van der Waals surface area contributed by atoms with Crippen molar-refractivity contribution in [3.8, 4) is 0 Å². The van der Waals surface area contributed by atoms with Crippen LogP contribution in [0.2, 0.25) is 5.02 Å². The van der Waals surface area contributed by atoms with Gasteiger partial charge in [0.25, 0.3) is 5.69 Å². The van der Waals surface area contributed by atoms with E-state index in [1.807, 2.05) is 0 Å². The summed E-state index contributed by atoms with van der Waals surface area (Å²) in [5.41, 5.74) is -0.163. The number of hydrogen-bond donors (Lipinski definition) is 2. The van der Waals surface area contributed by atoms with Gasteiger partial charge >= 0.3 is 5.97 Å². The number of nitro benzene ring substituents is 1. The van der Waals surface area contributed by atoms with Crippen LogP contribution < -0.4 is 5.32 Å². The fraction of sp³-hybridized carbons (Fsp3) is 0. The van der Waals surface area contributed by atoms with Crippen molar-refractivity contribution in [1.82, 2.24) is 0 Å². The Morgan fingerprint density at radius 3 is 2.57 bits per heavy atom. The number of aromatic carboxylic acids is 1. The van der Waals surface area contributed by atoms with Crippen molar-refractivity contribution < 1.29 is 19.2 Å². The minimum Gasteiger partial charge on any atom is -0.478 e. The molecule has 0 aromatic heterocycles. The Morgan fingerprint density at radius 2 is 2.00 bits per heavy atom. The van der Waals surface area contributed by atoms with Gasteiger partial charge in [0, 0.05) is 17.8 Å². The molecule has 21 heavy (non-hydrogen) atoms. The zero-order valence-corrected chi connectivity index (χ0v) is 11.1. The molecule has 0 atom stereocenters. The Morgan fingerprint density at radius 1 is 1.29 bits per heavy atom. The maximum Gasteiger partial charge on any atom is 0.337 e. The molecule has 0 bridgehead atoms. The second-order valence-corrected chi connectivity index (χ2v) is 4.45. The molecule has 2 aromatic carbocycles. The van der Waals surface area contributed by atoms with Crippen molar-refractivity contribution in [2.75, 3.05) is 5.32 Å². The van der Waals surface area contributed by atoms with Gasteiger partial charge in [0.15, 0.2) is 0 Å². The summed E-state index contributed by atoms with van der Waals surface area (Å²) in [7, 11) is 0. The minimum absolute atomic E-state index is 0.0356. The van der Waals surface area contributed by atoms with Gasteiger partial charge in [-0.05, 0) is 24.3 Å². The molecule has 0 aliphatic rings. The summed E-state index contributed by atoms with van der Waals surface area (Å²) in [6.07, 6.45) is 0. The largest absolute Gasteiger partial charge is 0.478 e. The molecule has 8 heteroatoms. The highest BCUT2D eigenvalue weighted by atomic mass is 35.5. The fourth-order valence-electron chi connectivity index (χ4n) is 1.69. The molecule has 0 spiro atoms. The molecule has 0 radical (unpaired) electrons. The molecular weight excluding hydrogens is 303 g/mol. The van der Waals surface area contributed by atoms with Crippen molar-refractivity contribution in [1.29, 1.82) is 0 Å². The summed E-state index contributed by atoms with van der Waals surface area (Å²) in [6, 6.07) is 6.90. The Balaban J connectivity index is 2.38. The average molecular weight is 311 g/mol. The minimum atomic E-state index is -1.19. The number of halogens is 2. The van der Waals surface area contributed by atoms with Crippen LogP contribution in [0.25, 0.3) is 0 Å². The Labute approximate surface area is 122 Å². The van der Waals surface area contributed by atoms with Crippen molar-refractivity contribution >= 4 is 34.6 Å². The number of rotatable bonds is 4. The molecule has 0 unspecified atom stereocenters. The van der Waals surface area contributed by atoms with Gasteiger partial charge in [0.1, 0.15) is 11.5 Å². The first kappa shape index (κ1) is 14.7. The molecule has 108 valence electrons. The zero-order valence-electron chi connectivity index (χ0n) is 10.3. The summed E-state index contributed by atoms with van der Waals surface area (Å²) in [4.78, 5) is 21.1. The van der Waals surface area contributed by atoms with E-state index in [0.717, 1.165) is 18.2 Å². The summed E-state index contributed by atoms with van der Waals surface area (Å²) >= 11 is 5.80. The molecule has 0 amide bonds. The van der Waals surface area contributed by atoms with Crippen molar-refractivity contribution in [2.45, 2.75) is 0 Å². The van der Waals surface area contributed by atoms with Crippen LogP contribution in [0.5, 0.6) is 0 Å². The van der Waals surface area contributed by atoms with Gasteiger partial charge in [-0.25, -0.2) is 9.18 Å². The smallest absolute Gasteiger partial charge is 0.337 e. The lowest BCUT2D eigenvalue weighted by Crippen LogP contribution is -2.00. The van der Waals surface area contributed by atoms with Gasteiger partial charge in [-0.1, -0.05) is 11.6 Å². The van der Waals surface area contributed by atoms with Gasteiger partial charge in [-0.3, -0.25) is 10.1 Å². The Kier molecular flexibility index (Phi) is 4.04. The molecule has 2 rings (SSSR count). The Bertz CT molecular complexity index is 736. The van der Waals surface area contributed by atoms with Gasteiger partial charge in [0.2, 0.25) is 0 Å². The summed E-state index contributed by atoms with van der Waals surface area (Å²) in [5.74, 6) is -1.83. The fourth-order valence-corrected chi connectivity index (χ4v) is 1.95. The van der Waals surface area contributed by atoms with Crippen LogP contribution in [0.3, 0.4) is 0 Å². The first-order valence-electron chi connectivity index (χ1n) is 5.62. The number of carbonyl (C=O) groups is 1. The molecule has 0 aliphatic carbocycles. The lowest BCUT2D eigenvalue weighted by Gasteiger charge is -2.08. The van der Waals surface area contributed by atoms with Gasteiger partial charge in [-0.2, -0.15) is 0 Å². The normalized spacial score (nSPS) is 10.2. The number of carboxylic acids is 1. The van der Waals surface area contributed by atoms with E-state index in [-0.39, 0.29) is 22.0 Å². The lowest BCUT2D eigenvalue weighted by atomic mass is 10.2. The maximum absolute atomic E-state index is 13.2. The number of carboxylic acid groups (broad SMARTS) is 1. The van der Waals surface area contributed by atoms with Crippen LogP contribution in [-0.4, -0.2) is 16.0 Å². The van der Waals surface area contributed by atoms with E-state index in [4.69, 9.17) is 16.7 Å². The van der Waals surface area contributed by atoms with Crippen molar-refractivity contribution in [3.63, 3.8) is 0 Å². The number of nitrogens with one attached hydrogen (secondary N) is 1. The lowest BCUT2D eigenvalue weighted by molar-refractivity contribution is -0.384. The van der Waals surface area contributed by atoms with E-state index < -0.39 is 16.7 Å². The highest BCUT2D eigenvalue weighted by Gasteiger charge is 2.15. The highest BCUT2D eigenvalue weighted by molar-refractivity contribution is 6.33. The third kappa shape index (κ3) is 3.26. The maximum atomic E-state index is 13.2. The molecule has 0 saturated heterocycles. The first-order chi connectivity index (χ1) is 9.88. The summed E-state index contributed by atoms with van der Waals surface area (Å²) in [6.45, 7) is 0. The van der Waals surface area contributed by atoms with Crippen LogP contribution >= 0.6 is 11.6 Å². The SMILES string of the molecule is O=C(O)c1ccc(Nc2cc(F)ccc2[N+](=O)[O-])cc1Cl. The molecule has 2 aromatic rings. The quantitative estimate of drug-likeness (QED) is 0.661. The standard InChI is InChI=1S/C13H8ClFN2O4/c14-10-6-8(2-3-9(10)13(18)19)16-11-5-7(15)1-4-12(11)17(20)21/h1-6,16H,(H,18,19). The molecular formula is C13H8ClFN2O4. The highest BCUT2D eigenvalue weighted by Crippen LogP contribution is 2.30. The third-order valence-corrected chi connectivity index (χ3v) is 2.95. The third-order valence-electron chi connectivity index (χ3n) is 2.63. The predicted octanol–water partition coefficient (Wildman–Crippen LogP) is 3.83. The van der Waals surface area contributed by atoms with Crippen LogP contribution in [0.4, 0.5) is 21.5 Å². The second kappa shape index (κ2) is 5.76. The number of nitro groups is 1. The number of nitrogens with zero attached hydrogens (tertiary/aromatic N) is 1. The van der Waals surface area contributed by atoms with Crippen LogP contribution in [0, 0.1) is 15.9 Å². The van der Waals surface area contributed by atoms with Gasteiger partial charge in [0.05, 0.1) is 15.5 Å². The second-order valence-electron chi connectivity index (χ2n) is 4.04. The number of anilines is 2. The van der Waals surface area contributed by atoms with Crippen LogP contribution in [0.1, 0.15) is 10.4 Å². The molecule has 2 N–H and O–H groups in total. The molecule has 0 saturated carbocycles. The topological polar surface area (TPSA) is 92.5 Å². The molecule has 0 fully saturated rings. The van der Waals surface area contributed by atoms with Crippen molar-refractivity contribution in [3.05, 3.63) is 62.9 Å². The molecule has 0 heterocycles. The van der Waals surface area contributed by atoms with E-state index in [1.165, 1.54) is 18.2 Å². The van der Waals surface area contributed by atoms with E-state index in [1.54, 1.807) is 0 Å². The number of hydrogen-bond acceptors (Lipinski definition) is 4. The molecule has 6 nitrogen and oxygen atoms in total. The van der Waals surface area contributed by atoms with Gasteiger partial charge < -0.3 is 10.4 Å². The van der Waals surface area contributed by atoms with E-state index >= 15 is 0 Å². The first-order valence-corrected chi connectivity index (χ1v) is 6.00. The summed E-state index contributed by atoms with van der Waals surface area (Å²) in [5, 5.41) is 22.3. The van der Waals surface area contributed by atoms with E-state index in [9.17, 15) is 19.3 Å². The zero-order chi connectivity index (χ0) is 15.6. The molecule has 0 aliphatic heterocycles. The van der Waals surface area contributed by atoms with E-state index in [0.29, 0.717) is 5.69 Å². The average Bonchev–Trinajstić information content (AvgIpc) is 2.37. The monoisotopic (exact) mass is 310 g/mol. The van der Waals surface area contributed by atoms with Crippen LogP contribution in [0.15, 0.2) is 36.4 Å². The van der Waals surface area contributed by atoms with Gasteiger partial charge in [-0.15, -0.1) is 0 Å². The van der Waals surface area contributed by atoms with E-state index in [2.05, 4.69) is 5.32 Å². The predicted molar refractivity (Wildman–Crippen MR) is 74.7 cm³/mol. The van der Waals surface area contributed by atoms with Crippen molar-refractivity contribution in [2.24, 2.45) is 0 Å². The van der Waals surface area contributed by atoms with Crippen LogP contribution in [-0.2, 0) is 0 Å². The number of benzene rings is 2.